The van der Waals surface area contributed by atoms with Crippen molar-refractivity contribution in [1.29, 1.82) is 0 Å². The predicted octanol–water partition coefficient (Wildman–Crippen LogP) is 4.49. The van der Waals surface area contributed by atoms with Gasteiger partial charge in [-0.05, 0) is 24.0 Å². The molecule has 0 saturated heterocycles. The Morgan fingerprint density at radius 2 is 2.00 bits per heavy atom. The first-order valence-corrected chi connectivity index (χ1v) is 10.7. The second-order valence-corrected chi connectivity index (χ2v) is 7.79. The number of carbonyl (C=O) groups is 1. The van der Waals surface area contributed by atoms with Crippen LogP contribution < -0.4 is 14.4 Å². The Morgan fingerprint density at radius 3 is 2.77 bits per heavy atom. The summed E-state index contributed by atoms with van der Waals surface area (Å²) >= 11 is 1.49. The van der Waals surface area contributed by atoms with Gasteiger partial charge in [0.1, 0.15) is 5.75 Å². The maximum atomic E-state index is 13.1. The van der Waals surface area contributed by atoms with Crippen molar-refractivity contribution in [1.82, 2.24) is 15.2 Å². The molecule has 0 saturated carbocycles. The average Bonchev–Trinajstić information content (AvgIpc) is 2.93. The first-order chi connectivity index (χ1) is 14.7. The highest BCUT2D eigenvalue weighted by Crippen LogP contribution is 2.43. The van der Waals surface area contributed by atoms with E-state index in [9.17, 15) is 4.79 Å². The molecule has 0 spiro atoms. The number of ether oxygens (including phenoxy) is 2. The molecule has 2 heterocycles. The van der Waals surface area contributed by atoms with Crippen LogP contribution in [0.5, 0.6) is 11.6 Å². The number of carbonyl (C=O) groups excluding carboxylic acids is 1. The number of fused-ring (bicyclic) bond motifs is 3. The van der Waals surface area contributed by atoms with Crippen LogP contribution in [0.4, 0.5) is 5.69 Å². The van der Waals surface area contributed by atoms with Crippen LogP contribution in [0.25, 0.3) is 11.3 Å². The SMILES string of the molecule is CCSc1nnc2c(n1)O[C@@H](c1cccc(OC)c1)N(C(=O)CC)c1ccccc1-2. The minimum Gasteiger partial charge on any atom is -0.497 e. The van der Waals surface area contributed by atoms with Crippen molar-refractivity contribution < 1.29 is 14.3 Å². The standard InChI is InChI=1S/C22H22N4O3S/c1-4-18(27)26-17-12-7-6-11-16(17)19-20(23-22(25-24-19)30-5-2)29-21(26)14-9-8-10-15(13-14)28-3/h6-13,21H,4-5H2,1-3H3/t21-/m0/s1. The molecule has 0 fully saturated rings. The van der Waals surface area contributed by atoms with Gasteiger partial charge in [-0.2, -0.15) is 4.98 Å². The van der Waals surface area contributed by atoms with E-state index in [1.54, 1.807) is 12.0 Å². The lowest BCUT2D eigenvalue weighted by molar-refractivity contribution is -0.120. The smallest absolute Gasteiger partial charge is 0.247 e. The Hall–Kier alpha value is -3.13. The van der Waals surface area contributed by atoms with Gasteiger partial charge in [0.05, 0.1) is 12.8 Å². The van der Waals surface area contributed by atoms with Gasteiger partial charge in [-0.15, -0.1) is 10.2 Å². The summed E-state index contributed by atoms with van der Waals surface area (Å²) in [4.78, 5) is 19.4. The number of anilines is 1. The Bertz CT molecular complexity index is 1080. The number of rotatable bonds is 5. The number of benzene rings is 2. The van der Waals surface area contributed by atoms with Gasteiger partial charge in [0.2, 0.25) is 23.2 Å². The molecule has 3 aromatic rings. The molecular formula is C22H22N4O3S. The zero-order valence-corrected chi connectivity index (χ0v) is 17.8. The topological polar surface area (TPSA) is 77.4 Å². The molecule has 154 valence electrons. The number of aromatic nitrogens is 3. The lowest BCUT2D eigenvalue weighted by Gasteiger charge is -2.30. The average molecular weight is 423 g/mol. The maximum Gasteiger partial charge on any atom is 0.247 e. The van der Waals surface area contributed by atoms with E-state index < -0.39 is 6.23 Å². The number of amides is 1. The molecule has 30 heavy (non-hydrogen) atoms. The van der Waals surface area contributed by atoms with Crippen LogP contribution in [-0.2, 0) is 4.79 Å². The van der Waals surface area contributed by atoms with Gasteiger partial charge in [0.25, 0.3) is 0 Å². The van der Waals surface area contributed by atoms with E-state index in [1.165, 1.54) is 11.8 Å². The molecule has 0 radical (unpaired) electrons. The Labute approximate surface area is 179 Å². The fourth-order valence-electron chi connectivity index (χ4n) is 3.36. The van der Waals surface area contributed by atoms with E-state index in [4.69, 9.17) is 9.47 Å². The third kappa shape index (κ3) is 3.70. The number of hydrogen-bond acceptors (Lipinski definition) is 7. The number of nitrogens with zero attached hydrogens (tertiary/aromatic N) is 4. The summed E-state index contributed by atoms with van der Waals surface area (Å²) in [6.45, 7) is 3.86. The van der Waals surface area contributed by atoms with Crippen molar-refractivity contribution in [2.75, 3.05) is 17.8 Å². The zero-order chi connectivity index (χ0) is 21.1. The lowest BCUT2D eigenvalue weighted by Crippen LogP contribution is -2.37. The summed E-state index contributed by atoms with van der Waals surface area (Å²) < 4.78 is 11.8. The van der Waals surface area contributed by atoms with Crippen molar-refractivity contribution in [2.24, 2.45) is 0 Å². The first-order valence-electron chi connectivity index (χ1n) is 9.75. The first kappa shape index (κ1) is 20.2. The number of methoxy groups -OCH3 is 1. The Kier molecular flexibility index (Phi) is 5.85. The summed E-state index contributed by atoms with van der Waals surface area (Å²) in [6.07, 6.45) is -0.393. The molecule has 2 aromatic carbocycles. The molecule has 4 rings (SSSR count). The quantitative estimate of drug-likeness (QED) is 0.561. The van der Waals surface area contributed by atoms with Crippen molar-refractivity contribution in [2.45, 2.75) is 31.7 Å². The largest absolute Gasteiger partial charge is 0.497 e. The van der Waals surface area contributed by atoms with Crippen LogP contribution in [0.15, 0.2) is 53.7 Å². The van der Waals surface area contributed by atoms with E-state index in [0.29, 0.717) is 34.6 Å². The van der Waals surface area contributed by atoms with Gasteiger partial charge in [-0.3, -0.25) is 9.69 Å². The highest BCUT2D eigenvalue weighted by Gasteiger charge is 2.35. The van der Waals surface area contributed by atoms with Crippen LogP contribution >= 0.6 is 11.8 Å². The van der Waals surface area contributed by atoms with Crippen LogP contribution in [0.2, 0.25) is 0 Å². The highest BCUT2D eigenvalue weighted by molar-refractivity contribution is 7.99. The maximum absolute atomic E-state index is 13.1. The highest BCUT2D eigenvalue weighted by atomic mass is 32.2. The molecule has 1 aliphatic heterocycles. The van der Waals surface area contributed by atoms with Gasteiger partial charge < -0.3 is 9.47 Å². The van der Waals surface area contributed by atoms with E-state index in [2.05, 4.69) is 15.2 Å². The lowest BCUT2D eigenvalue weighted by atomic mass is 10.1. The molecule has 1 aromatic heterocycles. The van der Waals surface area contributed by atoms with Crippen LogP contribution in [0.3, 0.4) is 0 Å². The van der Waals surface area contributed by atoms with Crippen molar-refractivity contribution in [3.05, 3.63) is 54.1 Å². The van der Waals surface area contributed by atoms with Gasteiger partial charge >= 0.3 is 0 Å². The zero-order valence-electron chi connectivity index (χ0n) is 17.0. The predicted molar refractivity (Wildman–Crippen MR) is 116 cm³/mol. The fraction of sp³-hybridized carbons (Fsp3) is 0.273. The summed E-state index contributed by atoms with van der Waals surface area (Å²) in [6, 6.07) is 15.1. The van der Waals surface area contributed by atoms with Gasteiger partial charge in [0.15, 0.2) is 5.69 Å². The van der Waals surface area contributed by atoms with Crippen LogP contribution in [0.1, 0.15) is 32.1 Å². The second kappa shape index (κ2) is 8.71. The molecular weight excluding hydrogens is 400 g/mol. The third-order valence-corrected chi connectivity index (χ3v) is 5.46. The van der Waals surface area contributed by atoms with Gasteiger partial charge in [-0.1, -0.05) is 55.9 Å². The molecule has 7 nitrogen and oxygen atoms in total. The van der Waals surface area contributed by atoms with Crippen LogP contribution in [-0.4, -0.2) is 34.0 Å². The molecule has 0 bridgehead atoms. The summed E-state index contributed by atoms with van der Waals surface area (Å²) in [7, 11) is 1.61. The second-order valence-electron chi connectivity index (χ2n) is 6.56. The molecule has 8 heteroatoms. The van der Waals surface area contributed by atoms with Crippen molar-refractivity contribution >= 4 is 23.4 Å². The summed E-state index contributed by atoms with van der Waals surface area (Å²) in [5.41, 5.74) is 2.77. The normalized spacial score (nSPS) is 14.9. The van der Waals surface area contributed by atoms with Crippen molar-refractivity contribution in [3.63, 3.8) is 0 Å². The van der Waals surface area contributed by atoms with Gasteiger partial charge in [-0.25, -0.2) is 0 Å². The monoisotopic (exact) mass is 422 g/mol. The molecule has 0 N–H and O–H groups in total. The van der Waals surface area contributed by atoms with Crippen LogP contribution in [0, 0.1) is 0 Å². The Balaban J connectivity index is 1.94. The molecule has 0 unspecified atom stereocenters. The fourth-order valence-corrected chi connectivity index (χ4v) is 3.86. The van der Waals surface area contributed by atoms with Gasteiger partial charge in [0, 0.05) is 17.5 Å². The number of para-hydroxylation sites is 1. The molecule has 0 aliphatic carbocycles. The molecule has 1 atom stereocenters. The summed E-state index contributed by atoms with van der Waals surface area (Å²) in [5.74, 6) is 1.78. The third-order valence-electron chi connectivity index (χ3n) is 4.74. The molecule has 1 amide bonds. The number of thioether (sulfide) groups is 1. The Morgan fingerprint density at radius 1 is 1.17 bits per heavy atom. The van der Waals surface area contributed by atoms with E-state index in [1.807, 2.05) is 62.4 Å². The minimum absolute atomic E-state index is 0.0702. The minimum atomic E-state index is -0.717. The van der Waals surface area contributed by atoms with E-state index in [0.717, 1.165) is 16.9 Å². The van der Waals surface area contributed by atoms with E-state index in [-0.39, 0.29) is 5.91 Å². The van der Waals surface area contributed by atoms with E-state index >= 15 is 0 Å². The molecule has 1 aliphatic rings. The summed E-state index contributed by atoms with van der Waals surface area (Å²) in [5, 5.41) is 9.17. The van der Waals surface area contributed by atoms with Crippen molar-refractivity contribution in [3.8, 4) is 22.9 Å². The number of hydrogen-bond donors (Lipinski definition) is 0.